The molecule has 2 aromatic rings. The molecule has 166 valence electrons. The Bertz CT molecular complexity index is 1120. The Kier molecular flexibility index (Phi) is 6.34. The molecule has 0 spiro atoms. The second-order valence-corrected chi connectivity index (χ2v) is 8.98. The van der Waals surface area contributed by atoms with Crippen LogP contribution in [0.1, 0.15) is 24.5 Å². The van der Waals surface area contributed by atoms with Gasteiger partial charge in [0.1, 0.15) is 6.04 Å². The molecule has 1 aliphatic heterocycles. The number of nitrogens with zero attached hydrogens (tertiary/aromatic N) is 2. The summed E-state index contributed by atoms with van der Waals surface area (Å²) < 4.78 is 36.8. The van der Waals surface area contributed by atoms with E-state index in [0.29, 0.717) is 17.1 Å². The molecule has 0 aromatic heterocycles. The minimum atomic E-state index is -3.92. The van der Waals surface area contributed by atoms with E-state index in [1.165, 1.54) is 18.2 Å². The molecule has 0 bridgehead atoms. The number of sulfonamides is 1. The Hall–Kier alpha value is -3.34. The number of aryl methyl sites for hydroxylation is 1. The molecule has 0 saturated heterocycles. The fourth-order valence-corrected chi connectivity index (χ4v) is 4.60. The van der Waals surface area contributed by atoms with Gasteiger partial charge >= 0.3 is 0 Å². The SMILES string of the molecule is CC[C@@H](C(=O)NCc1ccc2c(c1)OCO2)N(c1cc([N+](=O)[O-])ccc1C)S(C)(=O)=O. The smallest absolute Gasteiger partial charge is 0.271 e. The average molecular weight is 449 g/mol. The number of nitrogens with one attached hydrogen (secondary N) is 1. The molecule has 1 N–H and O–H groups in total. The third-order valence-electron chi connectivity index (χ3n) is 4.87. The van der Waals surface area contributed by atoms with Crippen molar-refractivity contribution in [3.8, 4) is 11.5 Å². The minimum absolute atomic E-state index is 0.0989. The molecule has 2 aromatic carbocycles. The summed E-state index contributed by atoms with van der Waals surface area (Å²) in [6.45, 7) is 3.59. The molecule has 1 heterocycles. The summed E-state index contributed by atoms with van der Waals surface area (Å²) in [5.74, 6) is 0.672. The lowest BCUT2D eigenvalue weighted by Gasteiger charge is -2.31. The number of hydrogen-bond acceptors (Lipinski definition) is 7. The summed E-state index contributed by atoms with van der Waals surface area (Å²) in [4.78, 5) is 23.5. The number of fused-ring (bicyclic) bond motifs is 1. The van der Waals surface area contributed by atoms with Crippen LogP contribution < -0.4 is 19.1 Å². The van der Waals surface area contributed by atoms with Crippen molar-refractivity contribution in [1.29, 1.82) is 0 Å². The lowest BCUT2D eigenvalue weighted by atomic mass is 10.1. The van der Waals surface area contributed by atoms with Crippen LogP contribution in [0.2, 0.25) is 0 Å². The predicted molar refractivity (Wildman–Crippen MR) is 114 cm³/mol. The summed E-state index contributed by atoms with van der Waals surface area (Å²) in [5, 5.41) is 13.9. The Morgan fingerprint density at radius 1 is 1.23 bits per heavy atom. The zero-order valence-corrected chi connectivity index (χ0v) is 18.1. The largest absolute Gasteiger partial charge is 0.454 e. The van der Waals surface area contributed by atoms with Gasteiger partial charge in [0, 0.05) is 18.7 Å². The van der Waals surface area contributed by atoms with E-state index in [2.05, 4.69) is 5.32 Å². The molecule has 1 atom stereocenters. The number of ether oxygens (including phenoxy) is 2. The number of nitro groups is 1. The lowest BCUT2D eigenvalue weighted by Crippen LogP contribution is -2.49. The van der Waals surface area contributed by atoms with Crippen LogP contribution in [0.4, 0.5) is 11.4 Å². The molecule has 0 fully saturated rings. The second-order valence-electron chi connectivity index (χ2n) is 7.12. The highest BCUT2D eigenvalue weighted by molar-refractivity contribution is 7.92. The predicted octanol–water partition coefficient (Wildman–Crippen LogP) is 2.49. The molecule has 3 rings (SSSR count). The van der Waals surface area contributed by atoms with Gasteiger partial charge in [0.2, 0.25) is 22.7 Å². The van der Waals surface area contributed by atoms with Gasteiger partial charge in [-0.1, -0.05) is 19.1 Å². The van der Waals surface area contributed by atoms with Gasteiger partial charge in [-0.3, -0.25) is 19.2 Å². The van der Waals surface area contributed by atoms with E-state index in [1.807, 2.05) is 0 Å². The number of non-ortho nitro benzene ring substituents is 1. The molecule has 10 nitrogen and oxygen atoms in total. The monoisotopic (exact) mass is 449 g/mol. The van der Waals surface area contributed by atoms with Gasteiger partial charge in [-0.15, -0.1) is 0 Å². The maximum atomic E-state index is 13.0. The Morgan fingerprint density at radius 3 is 2.58 bits per heavy atom. The van der Waals surface area contributed by atoms with Crippen LogP contribution in [0, 0.1) is 17.0 Å². The van der Waals surface area contributed by atoms with Crippen molar-refractivity contribution in [3.63, 3.8) is 0 Å². The maximum Gasteiger partial charge on any atom is 0.271 e. The summed E-state index contributed by atoms with van der Waals surface area (Å²) >= 11 is 0. The average Bonchev–Trinajstić information content (AvgIpc) is 3.17. The van der Waals surface area contributed by atoms with Crippen molar-refractivity contribution < 1.29 is 27.6 Å². The van der Waals surface area contributed by atoms with Crippen molar-refractivity contribution in [3.05, 3.63) is 57.6 Å². The first-order chi connectivity index (χ1) is 14.6. The van der Waals surface area contributed by atoms with Gasteiger partial charge in [0.05, 0.1) is 16.9 Å². The van der Waals surface area contributed by atoms with Crippen molar-refractivity contribution in [1.82, 2.24) is 5.32 Å². The highest BCUT2D eigenvalue weighted by Gasteiger charge is 2.33. The number of anilines is 1. The number of nitro benzene ring substituents is 1. The molecule has 0 saturated carbocycles. The van der Waals surface area contributed by atoms with Crippen molar-refractivity contribution >= 4 is 27.3 Å². The van der Waals surface area contributed by atoms with Crippen LogP contribution in [-0.2, 0) is 21.4 Å². The zero-order valence-electron chi connectivity index (χ0n) is 17.3. The molecule has 0 radical (unpaired) electrons. The van der Waals surface area contributed by atoms with Gasteiger partial charge in [0.25, 0.3) is 5.69 Å². The highest BCUT2D eigenvalue weighted by atomic mass is 32.2. The summed E-state index contributed by atoms with van der Waals surface area (Å²) in [5.41, 5.74) is 1.09. The van der Waals surface area contributed by atoms with Crippen LogP contribution in [-0.4, -0.2) is 38.3 Å². The number of carbonyl (C=O) groups excluding carboxylic acids is 1. The quantitative estimate of drug-likeness (QED) is 0.484. The number of rotatable bonds is 8. The third kappa shape index (κ3) is 4.88. The fourth-order valence-electron chi connectivity index (χ4n) is 3.34. The maximum absolute atomic E-state index is 13.0. The van der Waals surface area contributed by atoms with Crippen LogP contribution in [0.25, 0.3) is 0 Å². The van der Waals surface area contributed by atoms with Crippen LogP contribution >= 0.6 is 0 Å². The Balaban J connectivity index is 1.87. The molecule has 0 aliphatic carbocycles. The van der Waals surface area contributed by atoms with E-state index in [-0.39, 0.29) is 31.1 Å². The Labute approximate surface area is 180 Å². The van der Waals surface area contributed by atoms with E-state index in [1.54, 1.807) is 32.0 Å². The summed E-state index contributed by atoms with van der Waals surface area (Å²) in [6.07, 6.45) is 1.14. The van der Waals surface area contributed by atoms with Gasteiger partial charge in [0.15, 0.2) is 11.5 Å². The van der Waals surface area contributed by atoms with E-state index >= 15 is 0 Å². The first-order valence-electron chi connectivity index (χ1n) is 9.52. The third-order valence-corrected chi connectivity index (χ3v) is 6.04. The molecule has 1 amide bonds. The standard InChI is InChI=1S/C20H23N3O7S/c1-4-16(20(24)21-11-14-6-8-18-19(9-14)30-12-29-18)22(31(3,27)28)17-10-15(23(25)26)7-5-13(17)2/h5-10,16H,4,11-12H2,1-3H3,(H,21,24)/t16-/m0/s1. The van der Waals surface area contributed by atoms with Crippen molar-refractivity contribution in [2.24, 2.45) is 0 Å². The lowest BCUT2D eigenvalue weighted by molar-refractivity contribution is -0.384. The molecule has 0 unspecified atom stereocenters. The minimum Gasteiger partial charge on any atom is -0.454 e. The van der Waals surface area contributed by atoms with Gasteiger partial charge in [-0.2, -0.15) is 0 Å². The van der Waals surface area contributed by atoms with Crippen molar-refractivity contribution in [2.45, 2.75) is 32.9 Å². The first-order valence-corrected chi connectivity index (χ1v) is 11.4. The molecule has 31 heavy (non-hydrogen) atoms. The zero-order chi connectivity index (χ0) is 22.8. The fraction of sp³-hybridized carbons (Fsp3) is 0.350. The molecule has 1 aliphatic rings. The number of hydrogen-bond donors (Lipinski definition) is 1. The number of carbonyl (C=O) groups is 1. The van der Waals surface area contributed by atoms with E-state index in [0.717, 1.165) is 16.1 Å². The number of amides is 1. The van der Waals surface area contributed by atoms with Crippen LogP contribution in [0.5, 0.6) is 11.5 Å². The summed E-state index contributed by atoms with van der Waals surface area (Å²) in [6, 6.07) is 8.09. The van der Waals surface area contributed by atoms with Crippen LogP contribution in [0.15, 0.2) is 36.4 Å². The molecular weight excluding hydrogens is 426 g/mol. The van der Waals surface area contributed by atoms with Crippen LogP contribution in [0.3, 0.4) is 0 Å². The number of benzene rings is 2. The second kappa shape index (κ2) is 8.80. The van der Waals surface area contributed by atoms with Gasteiger partial charge < -0.3 is 14.8 Å². The van der Waals surface area contributed by atoms with E-state index in [9.17, 15) is 23.3 Å². The summed E-state index contributed by atoms with van der Waals surface area (Å²) in [7, 11) is -3.92. The normalized spacial score (nSPS) is 13.5. The first kappa shape index (κ1) is 22.3. The molecular formula is C20H23N3O7S. The molecule has 11 heteroatoms. The van der Waals surface area contributed by atoms with E-state index in [4.69, 9.17) is 9.47 Å². The topological polar surface area (TPSA) is 128 Å². The van der Waals surface area contributed by atoms with Gasteiger partial charge in [-0.25, -0.2) is 8.42 Å². The highest BCUT2D eigenvalue weighted by Crippen LogP contribution is 2.33. The van der Waals surface area contributed by atoms with E-state index < -0.39 is 26.9 Å². The van der Waals surface area contributed by atoms with Gasteiger partial charge in [-0.05, 0) is 36.6 Å². The van der Waals surface area contributed by atoms with Crippen molar-refractivity contribution in [2.75, 3.05) is 17.4 Å². The Morgan fingerprint density at radius 2 is 1.94 bits per heavy atom.